The first kappa shape index (κ1) is 23.8. The Morgan fingerprint density at radius 1 is 1.10 bits per heavy atom. The Kier molecular flexibility index (Phi) is 7.72. The highest BCUT2D eigenvalue weighted by Crippen LogP contribution is 2.60. The third kappa shape index (κ3) is 4.96. The number of fused-ring (bicyclic) bond motifs is 1. The first-order chi connectivity index (χ1) is 14.1. The van der Waals surface area contributed by atoms with Gasteiger partial charge in [-0.1, -0.05) is 71.8 Å². The molecule has 3 fully saturated rings. The monoisotopic (exact) mass is 414 g/mol. The lowest BCUT2D eigenvalue weighted by molar-refractivity contribution is 0.0861. The van der Waals surface area contributed by atoms with Crippen molar-refractivity contribution < 1.29 is 10.2 Å². The lowest BCUT2D eigenvalue weighted by Crippen LogP contribution is -2.36. The predicted molar refractivity (Wildman–Crippen MR) is 127 cm³/mol. The van der Waals surface area contributed by atoms with E-state index in [-0.39, 0.29) is 0 Å². The maximum atomic E-state index is 10.1. The summed E-state index contributed by atoms with van der Waals surface area (Å²) < 4.78 is 0. The minimum Gasteiger partial charge on any atom is -0.393 e. The highest BCUT2D eigenvalue weighted by Gasteiger charge is 2.50. The molecule has 0 aromatic heterocycles. The zero-order valence-corrected chi connectivity index (χ0v) is 20.2. The molecule has 0 aliphatic heterocycles. The van der Waals surface area contributed by atoms with E-state index in [0.29, 0.717) is 24.2 Å². The molecular weight excluding hydrogens is 368 g/mol. The van der Waals surface area contributed by atoms with Gasteiger partial charge in [-0.05, 0) is 84.7 Å². The Morgan fingerprint density at radius 2 is 1.83 bits per heavy atom. The van der Waals surface area contributed by atoms with E-state index in [2.05, 4.69) is 53.3 Å². The summed E-state index contributed by atoms with van der Waals surface area (Å²) in [5.74, 6) is 3.95. The van der Waals surface area contributed by atoms with E-state index in [1.807, 2.05) is 0 Å². The third-order valence-corrected chi connectivity index (χ3v) is 9.20. The molecule has 0 aromatic carbocycles. The number of aliphatic hydroxyl groups is 2. The van der Waals surface area contributed by atoms with Gasteiger partial charge in [0, 0.05) is 6.42 Å². The zero-order valence-electron chi connectivity index (χ0n) is 20.2. The third-order valence-electron chi connectivity index (χ3n) is 9.20. The van der Waals surface area contributed by atoms with Gasteiger partial charge in [0.15, 0.2) is 0 Å². The van der Waals surface area contributed by atoms with E-state index >= 15 is 0 Å². The first-order valence-corrected chi connectivity index (χ1v) is 12.6. The van der Waals surface area contributed by atoms with Gasteiger partial charge in [-0.2, -0.15) is 0 Å². The predicted octanol–water partition coefficient (Wildman–Crippen LogP) is 6.84. The van der Waals surface area contributed by atoms with Gasteiger partial charge < -0.3 is 10.2 Å². The van der Waals surface area contributed by atoms with Crippen LogP contribution in [-0.2, 0) is 0 Å². The number of allylic oxidation sites excluding steroid dienone is 3. The normalized spacial score (nSPS) is 39.5. The molecule has 0 aromatic rings. The highest BCUT2D eigenvalue weighted by atomic mass is 16.3. The molecule has 0 saturated heterocycles. The van der Waals surface area contributed by atoms with Gasteiger partial charge in [-0.3, -0.25) is 0 Å². The molecule has 3 aliphatic carbocycles. The van der Waals surface area contributed by atoms with Crippen molar-refractivity contribution in [2.45, 2.75) is 105 Å². The van der Waals surface area contributed by atoms with Crippen LogP contribution in [-0.4, -0.2) is 22.4 Å². The van der Waals surface area contributed by atoms with E-state index in [1.165, 1.54) is 44.9 Å². The summed E-state index contributed by atoms with van der Waals surface area (Å²) in [6, 6.07) is 0. The van der Waals surface area contributed by atoms with Crippen molar-refractivity contribution in [2.24, 2.45) is 35.0 Å². The van der Waals surface area contributed by atoms with Gasteiger partial charge in [0.2, 0.25) is 0 Å². The molecule has 2 N–H and O–H groups in total. The second kappa shape index (κ2) is 9.74. The molecule has 30 heavy (non-hydrogen) atoms. The quantitative estimate of drug-likeness (QED) is 0.500. The average molecular weight is 415 g/mol. The smallest absolute Gasteiger partial charge is 0.0811 e. The van der Waals surface area contributed by atoms with Crippen molar-refractivity contribution in [1.29, 1.82) is 0 Å². The van der Waals surface area contributed by atoms with Crippen molar-refractivity contribution in [1.82, 2.24) is 0 Å². The van der Waals surface area contributed by atoms with Crippen LogP contribution >= 0.6 is 0 Å². The molecule has 3 rings (SSSR count). The number of hydrogen-bond donors (Lipinski definition) is 2. The summed E-state index contributed by atoms with van der Waals surface area (Å²) in [7, 11) is 0. The van der Waals surface area contributed by atoms with Crippen LogP contribution in [0, 0.1) is 35.0 Å². The summed E-state index contributed by atoms with van der Waals surface area (Å²) in [5, 5.41) is 20.2. The van der Waals surface area contributed by atoms with Crippen molar-refractivity contribution in [2.75, 3.05) is 0 Å². The van der Waals surface area contributed by atoms with E-state index in [1.54, 1.807) is 5.57 Å². The Labute approximate surface area is 185 Å². The van der Waals surface area contributed by atoms with Crippen LogP contribution in [0.15, 0.2) is 35.5 Å². The van der Waals surface area contributed by atoms with Crippen LogP contribution in [0.5, 0.6) is 0 Å². The fraction of sp³-hybridized carbons (Fsp3) is 0.786. The summed E-state index contributed by atoms with van der Waals surface area (Å²) >= 11 is 0. The minimum atomic E-state index is -0.597. The van der Waals surface area contributed by atoms with Gasteiger partial charge in [-0.25, -0.2) is 0 Å². The zero-order chi connectivity index (χ0) is 22.1. The van der Waals surface area contributed by atoms with Crippen LogP contribution in [0.25, 0.3) is 0 Å². The van der Waals surface area contributed by atoms with Gasteiger partial charge >= 0.3 is 0 Å². The molecular formula is C28H46O2. The maximum absolute atomic E-state index is 10.1. The topological polar surface area (TPSA) is 40.5 Å². The number of aliphatic hydroxyl groups excluding tert-OH is 2. The fourth-order valence-corrected chi connectivity index (χ4v) is 6.74. The van der Waals surface area contributed by atoms with Crippen LogP contribution in [0.1, 0.15) is 92.4 Å². The van der Waals surface area contributed by atoms with Crippen molar-refractivity contribution >= 4 is 0 Å². The summed E-state index contributed by atoms with van der Waals surface area (Å²) in [4.78, 5) is 0. The van der Waals surface area contributed by atoms with E-state index in [0.717, 1.165) is 34.8 Å². The van der Waals surface area contributed by atoms with Crippen LogP contribution in [0.4, 0.5) is 0 Å². The number of hydrogen-bond acceptors (Lipinski definition) is 2. The molecule has 7 atom stereocenters. The molecule has 1 unspecified atom stereocenters. The first-order valence-electron chi connectivity index (χ1n) is 12.6. The molecule has 0 amide bonds. The van der Waals surface area contributed by atoms with Gasteiger partial charge in [0.25, 0.3) is 0 Å². The van der Waals surface area contributed by atoms with Crippen molar-refractivity contribution in [3.8, 4) is 0 Å². The Hall–Kier alpha value is -0.860. The molecule has 2 nitrogen and oxygen atoms in total. The molecule has 0 bridgehead atoms. The highest BCUT2D eigenvalue weighted by molar-refractivity contribution is 5.38. The van der Waals surface area contributed by atoms with E-state index in [4.69, 9.17) is 0 Å². The molecule has 0 heterocycles. The average Bonchev–Trinajstić information content (AvgIpc) is 3.04. The maximum Gasteiger partial charge on any atom is 0.0811 e. The lowest BCUT2D eigenvalue weighted by atomic mass is 9.60. The Morgan fingerprint density at radius 3 is 2.53 bits per heavy atom. The molecule has 3 aliphatic rings. The summed E-state index contributed by atoms with van der Waals surface area (Å²) in [5.41, 5.74) is 3.87. The van der Waals surface area contributed by atoms with Crippen molar-refractivity contribution in [3.63, 3.8) is 0 Å². The van der Waals surface area contributed by atoms with Crippen LogP contribution in [0.3, 0.4) is 0 Å². The summed E-state index contributed by atoms with van der Waals surface area (Å²) in [6.07, 6.45) is 13.8. The number of rotatable bonds is 6. The SMILES string of the molecule is C=C1/C(=C\C=C2/CCC[C@@]3(C)C2CC[C@@H]3[C@H](C)CC[C@@H](C)C(C)C)C[C@@H](O)C[C@@H]1O. The molecule has 0 spiro atoms. The second-order valence-electron chi connectivity index (χ2n) is 11.4. The Bertz CT molecular complexity index is 672. The van der Waals surface area contributed by atoms with Crippen molar-refractivity contribution in [3.05, 3.63) is 35.5 Å². The van der Waals surface area contributed by atoms with Gasteiger partial charge in [0.05, 0.1) is 12.2 Å². The van der Waals surface area contributed by atoms with E-state index in [9.17, 15) is 10.2 Å². The molecule has 0 radical (unpaired) electrons. The summed E-state index contributed by atoms with van der Waals surface area (Å²) in [6.45, 7) is 16.3. The fourth-order valence-electron chi connectivity index (χ4n) is 6.74. The van der Waals surface area contributed by atoms with Crippen LogP contribution < -0.4 is 0 Å². The second-order valence-corrected chi connectivity index (χ2v) is 11.4. The van der Waals surface area contributed by atoms with Gasteiger partial charge in [-0.15, -0.1) is 0 Å². The van der Waals surface area contributed by atoms with E-state index < -0.39 is 12.2 Å². The standard InChI is InChI=1S/C28H46O2/c1-18(2)19(3)9-10-20(4)25-13-14-26-22(8-7-15-28(25,26)6)11-12-23-16-24(29)17-27(30)21(23)5/h11-12,18-20,24-27,29-30H,5,7-10,13-17H2,1-4,6H3/b22-11+,23-12-/t19-,20-,24-,25-,26?,27+,28-/m1/s1. The Balaban J connectivity index is 1.72. The molecule has 2 heteroatoms. The molecule has 170 valence electrons. The lowest BCUT2D eigenvalue weighted by Gasteiger charge is -2.44. The van der Waals surface area contributed by atoms with Gasteiger partial charge in [0.1, 0.15) is 0 Å². The largest absolute Gasteiger partial charge is 0.393 e. The molecule has 3 saturated carbocycles. The minimum absolute atomic E-state index is 0.419. The van der Waals surface area contributed by atoms with Crippen LogP contribution in [0.2, 0.25) is 0 Å².